The molecule has 24 heavy (non-hydrogen) atoms. The van der Waals surface area contributed by atoms with E-state index < -0.39 is 0 Å². The Balaban J connectivity index is 1.71. The number of ether oxygens (including phenoxy) is 1. The fourth-order valence-corrected chi connectivity index (χ4v) is 3.75. The van der Waals surface area contributed by atoms with Gasteiger partial charge in [-0.1, -0.05) is 36.4 Å². The highest BCUT2D eigenvalue weighted by atomic mass is 32.1. The maximum Gasteiger partial charge on any atom is 0.231 e. The number of ketones is 1. The molecule has 1 aromatic heterocycles. The Morgan fingerprint density at radius 3 is 2.75 bits per heavy atom. The van der Waals surface area contributed by atoms with Crippen molar-refractivity contribution < 1.29 is 14.3 Å². The number of carbonyl (C=O) groups is 2. The van der Waals surface area contributed by atoms with Gasteiger partial charge in [0.1, 0.15) is 0 Å². The Kier molecular flexibility index (Phi) is 5.43. The molecule has 0 saturated carbocycles. The van der Waals surface area contributed by atoms with Crippen LogP contribution in [0, 0.1) is 0 Å². The van der Waals surface area contributed by atoms with E-state index in [0.717, 1.165) is 4.88 Å². The lowest BCUT2D eigenvalue weighted by molar-refractivity contribution is -0.140. The summed E-state index contributed by atoms with van der Waals surface area (Å²) in [4.78, 5) is 28.3. The maximum atomic E-state index is 12.9. The van der Waals surface area contributed by atoms with Gasteiger partial charge in [0, 0.05) is 23.4 Å². The van der Waals surface area contributed by atoms with Gasteiger partial charge in [0.15, 0.2) is 5.78 Å². The second-order valence-electron chi connectivity index (χ2n) is 5.99. The Labute approximate surface area is 146 Å². The minimum atomic E-state index is -0.193. The number of Topliss-reactive ketones (excluding diaryl/α,β-unsaturated/α-hetero) is 1. The zero-order valence-corrected chi connectivity index (χ0v) is 14.5. The zero-order valence-electron chi connectivity index (χ0n) is 13.7. The monoisotopic (exact) mass is 343 g/mol. The van der Waals surface area contributed by atoms with Crippen molar-refractivity contribution in [1.82, 2.24) is 4.90 Å². The van der Waals surface area contributed by atoms with Crippen molar-refractivity contribution >= 4 is 23.0 Å². The van der Waals surface area contributed by atoms with Gasteiger partial charge in [0.2, 0.25) is 5.91 Å². The molecule has 1 amide bonds. The molecule has 0 radical (unpaired) electrons. The molecule has 0 bridgehead atoms. The summed E-state index contributed by atoms with van der Waals surface area (Å²) in [6.45, 7) is 3.42. The standard InChI is InChI=1S/C19H21NO3S/c1-14(18-8-5-11-24-18)19(22)20-9-10-23-13-16(20)12-17(21)15-6-3-2-4-7-15/h2-8,11,14,16H,9-10,12-13H2,1H3/t14-,16-/m1/s1. The van der Waals surface area contributed by atoms with Gasteiger partial charge in [0.05, 0.1) is 25.2 Å². The lowest BCUT2D eigenvalue weighted by Crippen LogP contribution is -2.50. The van der Waals surface area contributed by atoms with E-state index in [9.17, 15) is 9.59 Å². The molecule has 1 fully saturated rings. The van der Waals surface area contributed by atoms with Crippen molar-refractivity contribution in [3.8, 4) is 0 Å². The summed E-state index contributed by atoms with van der Waals surface area (Å²) in [7, 11) is 0. The van der Waals surface area contributed by atoms with Crippen LogP contribution in [0.3, 0.4) is 0 Å². The molecule has 0 unspecified atom stereocenters. The third kappa shape index (κ3) is 3.74. The molecule has 0 spiro atoms. The van der Waals surface area contributed by atoms with Crippen LogP contribution >= 0.6 is 11.3 Å². The number of amides is 1. The molecule has 1 aliphatic heterocycles. The van der Waals surface area contributed by atoms with Gasteiger partial charge in [-0.2, -0.15) is 0 Å². The van der Waals surface area contributed by atoms with Crippen LogP contribution in [0.4, 0.5) is 0 Å². The lowest BCUT2D eigenvalue weighted by atomic mass is 10.0. The summed E-state index contributed by atoms with van der Waals surface area (Å²) in [5, 5.41) is 1.98. The average molecular weight is 343 g/mol. The van der Waals surface area contributed by atoms with Gasteiger partial charge in [-0.15, -0.1) is 11.3 Å². The summed E-state index contributed by atoms with van der Waals surface area (Å²) in [5.41, 5.74) is 0.682. The van der Waals surface area contributed by atoms with E-state index >= 15 is 0 Å². The molecule has 5 heteroatoms. The van der Waals surface area contributed by atoms with Crippen molar-refractivity contribution in [3.63, 3.8) is 0 Å². The first-order chi connectivity index (χ1) is 11.7. The van der Waals surface area contributed by atoms with E-state index in [1.165, 1.54) is 0 Å². The summed E-state index contributed by atoms with van der Waals surface area (Å²) < 4.78 is 5.53. The van der Waals surface area contributed by atoms with E-state index in [0.29, 0.717) is 31.7 Å². The Hall–Kier alpha value is -1.98. The number of nitrogens with zero attached hydrogens (tertiary/aromatic N) is 1. The van der Waals surface area contributed by atoms with Crippen LogP contribution in [-0.4, -0.2) is 42.4 Å². The molecule has 0 N–H and O–H groups in total. The summed E-state index contributed by atoms with van der Waals surface area (Å²) >= 11 is 1.59. The molecule has 2 aromatic rings. The second kappa shape index (κ2) is 7.73. The van der Waals surface area contributed by atoms with Crippen LogP contribution < -0.4 is 0 Å². The second-order valence-corrected chi connectivity index (χ2v) is 6.97. The van der Waals surface area contributed by atoms with Crippen LogP contribution in [0.15, 0.2) is 47.8 Å². The first-order valence-electron chi connectivity index (χ1n) is 8.16. The van der Waals surface area contributed by atoms with Crippen molar-refractivity contribution in [1.29, 1.82) is 0 Å². The Morgan fingerprint density at radius 1 is 1.25 bits per heavy atom. The van der Waals surface area contributed by atoms with Gasteiger partial charge >= 0.3 is 0 Å². The summed E-state index contributed by atoms with van der Waals surface area (Å²) in [6.07, 6.45) is 0.299. The van der Waals surface area contributed by atoms with E-state index in [-0.39, 0.29) is 23.7 Å². The SMILES string of the molecule is C[C@@H](C(=O)N1CCOC[C@H]1CC(=O)c1ccccc1)c1cccs1. The maximum absolute atomic E-state index is 12.9. The molecule has 3 rings (SSSR count). The molecular formula is C19H21NO3S. The fourth-order valence-electron chi connectivity index (χ4n) is 2.98. The minimum Gasteiger partial charge on any atom is -0.377 e. The first kappa shape index (κ1) is 16.9. The Bertz CT molecular complexity index is 684. The van der Waals surface area contributed by atoms with Crippen molar-refractivity contribution in [2.75, 3.05) is 19.8 Å². The summed E-state index contributed by atoms with van der Waals surface area (Å²) in [6, 6.07) is 13.0. The lowest BCUT2D eigenvalue weighted by Gasteiger charge is -2.36. The molecule has 0 aliphatic carbocycles. The number of benzene rings is 1. The van der Waals surface area contributed by atoms with E-state index in [1.54, 1.807) is 11.3 Å². The zero-order chi connectivity index (χ0) is 16.9. The van der Waals surface area contributed by atoms with E-state index in [2.05, 4.69) is 0 Å². The molecule has 4 nitrogen and oxygen atoms in total. The average Bonchev–Trinajstić information content (AvgIpc) is 3.16. The number of thiophene rings is 1. The van der Waals surface area contributed by atoms with E-state index in [1.807, 2.05) is 59.7 Å². The number of morpholine rings is 1. The third-order valence-electron chi connectivity index (χ3n) is 4.37. The molecule has 2 heterocycles. The van der Waals surface area contributed by atoms with Crippen LogP contribution in [0.25, 0.3) is 0 Å². The predicted molar refractivity (Wildman–Crippen MR) is 94.4 cm³/mol. The largest absolute Gasteiger partial charge is 0.377 e. The normalized spacial score (nSPS) is 19.0. The van der Waals surface area contributed by atoms with Crippen molar-refractivity contribution in [3.05, 3.63) is 58.3 Å². The highest BCUT2D eigenvalue weighted by molar-refractivity contribution is 7.10. The fraction of sp³-hybridized carbons (Fsp3) is 0.368. The van der Waals surface area contributed by atoms with Crippen LogP contribution in [-0.2, 0) is 9.53 Å². The molecule has 1 aliphatic rings. The van der Waals surface area contributed by atoms with Gasteiger partial charge in [0.25, 0.3) is 0 Å². The number of hydrogen-bond acceptors (Lipinski definition) is 4. The predicted octanol–water partition coefficient (Wildman–Crippen LogP) is 3.35. The highest BCUT2D eigenvalue weighted by Gasteiger charge is 2.32. The van der Waals surface area contributed by atoms with Crippen LogP contribution in [0.5, 0.6) is 0 Å². The van der Waals surface area contributed by atoms with Crippen LogP contribution in [0.1, 0.15) is 34.5 Å². The summed E-state index contributed by atoms with van der Waals surface area (Å²) in [5.74, 6) is -0.0586. The number of hydrogen-bond donors (Lipinski definition) is 0. The first-order valence-corrected chi connectivity index (χ1v) is 9.04. The molecule has 1 aromatic carbocycles. The third-order valence-corrected chi connectivity index (χ3v) is 5.42. The number of rotatable bonds is 5. The molecule has 126 valence electrons. The van der Waals surface area contributed by atoms with Gasteiger partial charge < -0.3 is 9.64 Å². The van der Waals surface area contributed by atoms with Gasteiger partial charge in [-0.05, 0) is 18.4 Å². The van der Waals surface area contributed by atoms with Gasteiger partial charge in [-0.25, -0.2) is 0 Å². The smallest absolute Gasteiger partial charge is 0.231 e. The van der Waals surface area contributed by atoms with Gasteiger partial charge in [-0.3, -0.25) is 9.59 Å². The minimum absolute atomic E-state index is 0.0488. The molecule has 2 atom stereocenters. The van der Waals surface area contributed by atoms with Crippen LogP contribution in [0.2, 0.25) is 0 Å². The Morgan fingerprint density at radius 2 is 2.04 bits per heavy atom. The highest BCUT2D eigenvalue weighted by Crippen LogP contribution is 2.25. The van der Waals surface area contributed by atoms with Crippen molar-refractivity contribution in [2.45, 2.75) is 25.3 Å². The van der Waals surface area contributed by atoms with Crippen molar-refractivity contribution in [2.24, 2.45) is 0 Å². The molecule has 1 saturated heterocycles. The molecular weight excluding hydrogens is 322 g/mol. The topological polar surface area (TPSA) is 46.6 Å². The quantitative estimate of drug-likeness (QED) is 0.782. The number of carbonyl (C=O) groups excluding carboxylic acids is 2. The van der Waals surface area contributed by atoms with E-state index in [4.69, 9.17) is 4.74 Å².